The van der Waals surface area contributed by atoms with E-state index >= 15 is 14.4 Å². The molecule has 15 amide bonds. The first kappa shape index (κ1) is 99.8. The van der Waals surface area contributed by atoms with Gasteiger partial charge in [0.05, 0.1) is 63.2 Å². The van der Waals surface area contributed by atoms with Gasteiger partial charge in [-0.05, 0) is 87.9 Å². The first-order valence-electron chi connectivity index (χ1n) is 41.5. The number of hydrogen-bond acceptors (Lipinski definition) is 26. The standard InChI is InChI=1S/C79H118N24O22/c1-2-3-15-51(96-74(119)58(35-80)102-73(118)57(33-45-37-86-42-92-45)100-70(115)53(21-23-62(82)106)97-75(120)59(40-104)93-63(107)38-91-64(108)41-124-30-29-123-28-27-87-67(112)48(81)19-24-65(109)110)68(113)98-54-20-22-61-77(125-61)88-25-10-9-17-50(66(83)111)94-72(117)56(32-44-36-90-49-16-8-7-14-47(44)49)99-69(114)52(18-11-26-89-79(84)85)95-71(116)55(31-43-12-5-4-6-13-43)101-76(121)60-34-46(105)39-103(60)78(54)122/h4-8,12-14,16,36-37,42,46,48,50-61,77,88,90,104-105H,2-3,9-11,15,17-35,38-41,80-81H2,1H3,(H2,82,106)(H2,83,111)(H,86,92)(H,87,112)(H,91,108)(H,93,107)(H,94,117)(H,95,116)(H,96,119)(H,97,120)(H,98,113)(H,99,114)(H,100,115)(H,101,121)(H,102,118)(H,109,110)(H4,84,85,89)/t46-,48-,50+,51+,52+,53-,54?,55-,56+,57+,58+,59+,60+,61-,77?/m1/s1. The van der Waals surface area contributed by atoms with E-state index in [4.69, 9.17) is 53.4 Å². The summed E-state index contributed by atoms with van der Waals surface area (Å²) in [6.45, 7) is -1.27. The number of carboxylic acid groups (broad SMARTS) is 1. The number of fused-ring (bicyclic) bond motifs is 3. The maximum absolute atomic E-state index is 15.4. The van der Waals surface area contributed by atoms with Gasteiger partial charge in [0.25, 0.3) is 0 Å². The van der Waals surface area contributed by atoms with E-state index in [0.717, 1.165) is 15.8 Å². The van der Waals surface area contributed by atoms with Crippen LogP contribution in [0.1, 0.15) is 120 Å². The average molecular weight is 1760 g/mol. The Morgan fingerprint density at radius 2 is 1.32 bits per heavy atom. The van der Waals surface area contributed by atoms with Gasteiger partial charge in [-0.15, -0.1) is 0 Å². The fourth-order valence-electron chi connectivity index (χ4n) is 13.8. The third-order valence-corrected chi connectivity index (χ3v) is 20.7. The highest BCUT2D eigenvalue weighted by Gasteiger charge is 2.46. The number of aliphatic hydroxyl groups excluding tert-OH is 2. The number of para-hydroxylation sites is 1. The summed E-state index contributed by atoms with van der Waals surface area (Å²) in [5.41, 5.74) is 30.9. The minimum absolute atomic E-state index is 0.0183. The summed E-state index contributed by atoms with van der Waals surface area (Å²) >= 11 is 0. The first-order chi connectivity index (χ1) is 59.8. The predicted octanol–water partition coefficient (Wildman–Crippen LogP) is -8.38. The highest BCUT2D eigenvalue weighted by Crippen LogP contribution is 2.28. The second-order valence-corrected chi connectivity index (χ2v) is 30.4. The van der Waals surface area contributed by atoms with Crippen LogP contribution in [0.3, 0.4) is 0 Å². The van der Waals surface area contributed by atoms with Crippen LogP contribution in [0, 0.1) is 5.41 Å². The summed E-state index contributed by atoms with van der Waals surface area (Å²) in [4.78, 5) is 232. The van der Waals surface area contributed by atoms with Crippen molar-refractivity contribution in [1.82, 2.24) is 94.3 Å². The van der Waals surface area contributed by atoms with Crippen LogP contribution in [0.2, 0.25) is 0 Å². The minimum atomic E-state index is -1.78. The molecule has 30 N–H and O–H groups in total. The molecule has 3 saturated heterocycles. The fraction of sp³-hybridized carbons (Fsp3) is 0.570. The minimum Gasteiger partial charge on any atom is -0.481 e. The number of aliphatic hydroxyl groups is 2. The number of aliphatic carboxylic acids is 1. The number of aromatic amines is 2. The summed E-state index contributed by atoms with van der Waals surface area (Å²) in [6.07, 6.45) is 0.864. The molecule has 0 radical (unpaired) electrons. The van der Waals surface area contributed by atoms with Crippen LogP contribution in [0.4, 0.5) is 0 Å². The molecule has 7 rings (SSSR count). The van der Waals surface area contributed by atoms with E-state index < -0.39 is 238 Å². The van der Waals surface area contributed by atoms with Crippen LogP contribution in [0.25, 0.3) is 10.9 Å². The van der Waals surface area contributed by atoms with E-state index in [1.807, 2.05) is 18.2 Å². The first-order valence-corrected chi connectivity index (χ1v) is 41.5. The number of hydrogen-bond donors (Lipinski definition) is 25. The average Bonchev–Trinajstić information content (AvgIpc) is 1.68. The van der Waals surface area contributed by atoms with Crippen molar-refractivity contribution >= 4 is 111 Å². The smallest absolute Gasteiger partial charge is 0.303 e. The molecule has 686 valence electrons. The second-order valence-electron chi connectivity index (χ2n) is 30.4. The number of epoxide rings is 1. The van der Waals surface area contributed by atoms with Gasteiger partial charge in [0.2, 0.25) is 88.6 Å². The van der Waals surface area contributed by atoms with Gasteiger partial charge in [-0.1, -0.05) is 68.3 Å². The largest absolute Gasteiger partial charge is 0.481 e. The third-order valence-electron chi connectivity index (χ3n) is 20.7. The van der Waals surface area contributed by atoms with Crippen LogP contribution in [-0.4, -0.2) is 299 Å². The lowest BCUT2D eigenvalue weighted by atomic mass is 10.0. The monoisotopic (exact) mass is 1750 g/mol. The Hall–Kier alpha value is -12.3. The zero-order valence-corrected chi connectivity index (χ0v) is 69.5. The molecule has 2 aromatic carbocycles. The van der Waals surface area contributed by atoms with Gasteiger partial charge in [-0.25, -0.2) is 4.98 Å². The lowest BCUT2D eigenvalue weighted by molar-refractivity contribution is -0.143. The zero-order chi connectivity index (χ0) is 91.1. The van der Waals surface area contributed by atoms with Crippen molar-refractivity contribution in [3.63, 3.8) is 0 Å². The summed E-state index contributed by atoms with van der Waals surface area (Å²) in [6, 6.07) is -2.17. The molecule has 0 saturated carbocycles. The zero-order valence-electron chi connectivity index (χ0n) is 69.5. The Morgan fingerprint density at radius 3 is 2.02 bits per heavy atom. The maximum Gasteiger partial charge on any atom is 0.303 e. The SMILES string of the molecule is CCCC[C@H](NC(=O)[C@H](CN)NC(=O)[C@H](Cc1c[nH]cn1)NC(=O)[C@@H](CCC(N)=O)NC(=O)[C@H](CO)NC(=O)CNC(=O)COCCOCCNC(=O)[C@H](N)CCC(=O)O)C(=O)NC1CC[C@H]2OC2NCCCC[C@@H](C(N)=O)NC(=O)[C@H](Cc2c[nH]c3ccccc23)NC(=O)[C@H](CCCNC(=N)N)NC(=O)[C@@H](Cc2ccccc2)NC(=O)[C@@H]2C[C@@H](O)CN2C1=O. The van der Waals surface area contributed by atoms with Crippen molar-refractivity contribution < 1.29 is 106 Å². The molecule has 5 heterocycles. The lowest BCUT2D eigenvalue weighted by Crippen LogP contribution is -2.62. The van der Waals surface area contributed by atoms with Gasteiger partial charge >= 0.3 is 5.97 Å². The van der Waals surface area contributed by atoms with E-state index in [9.17, 15) is 72.5 Å². The molecule has 4 aromatic rings. The number of amides is 15. The van der Waals surface area contributed by atoms with E-state index in [0.29, 0.717) is 43.4 Å². The van der Waals surface area contributed by atoms with E-state index in [-0.39, 0.29) is 115 Å². The number of aromatic nitrogens is 3. The van der Waals surface area contributed by atoms with E-state index in [2.05, 4.69) is 89.4 Å². The number of nitrogens with zero attached hydrogens (tertiary/aromatic N) is 2. The molecule has 15 atom stereocenters. The molecule has 125 heavy (non-hydrogen) atoms. The Balaban J connectivity index is 1.05. The number of benzene rings is 2. The van der Waals surface area contributed by atoms with Gasteiger partial charge < -0.3 is 142 Å². The van der Waals surface area contributed by atoms with Crippen LogP contribution >= 0.6 is 0 Å². The number of rotatable bonds is 44. The summed E-state index contributed by atoms with van der Waals surface area (Å²) in [7, 11) is 0. The Morgan fingerprint density at radius 1 is 0.664 bits per heavy atom. The third kappa shape index (κ3) is 34.0. The summed E-state index contributed by atoms with van der Waals surface area (Å²) in [5.74, 6) is -15.2. The molecule has 2 unspecified atom stereocenters. The number of guanidine groups is 1. The number of imidazole rings is 1. The van der Waals surface area contributed by atoms with Crippen LogP contribution < -0.4 is 103 Å². The molecule has 0 spiro atoms. The Labute approximate surface area is 719 Å². The van der Waals surface area contributed by atoms with Gasteiger partial charge in [0.1, 0.15) is 79.3 Å². The molecule has 2 aromatic heterocycles. The van der Waals surface area contributed by atoms with Crippen LogP contribution in [0.5, 0.6) is 0 Å². The number of nitrogens with one attached hydrogen (secondary N) is 17. The van der Waals surface area contributed by atoms with Gasteiger partial charge in [-0.3, -0.25) is 87.4 Å². The topological polar surface area (TPSA) is 735 Å². The lowest BCUT2D eigenvalue weighted by Gasteiger charge is -2.31. The van der Waals surface area contributed by atoms with E-state index in [1.54, 1.807) is 49.5 Å². The highest BCUT2D eigenvalue weighted by atomic mass is 16.6. The van der Waals surface area contributed by atoms with Crippen LogP contribution in [-0.2, 0) is 110 Å². The summed E-state index contributed by atoms with van der Waals surface area (Å²) in [5, 5.41) is 75.5. The Kier molecular flexibility index (Phi) is 41.2. The van der Waals surface area contributed by atoms with Crippen molar-refractivity contribution in [2.45, 2.75) is 213 Å². The second kappa shape index (κ2) is 51.7. The number of carboxylic acids is 1. The highest BCUT2D eigenvalue weighted by molar-refractivity contribution is 6.00. The van der Waals surface area contributed by atoms with Crippen molar-refractivity contribution in [2.24, 2.45) is 28.7 Å². The molecule has 3 fully saturated rings. The Bertz CT molecular complexity index is 4310. The quantitative estimate of drug-likeness (QED) is 0.00846. The fourth-order valence-corrected chi connectivity index (χ4v) is 13.8. The number of carbonyl (C=O) groups excluding carboxylic acids is 15. The number of nitrogens with two attached hydrogens (primary N) is 5. The summed E-state index contributed by atoms with van der Waals surface area (Å²) < 4.78 is 16.5. The molecule has 0 aliphatic carbocycles. The van der Waals surface area contributed by atoms with Crippen molar-refractivity contribution in [3.05, 3.63) is 90.1 Å². The normalized spacial score (nSPS) is 21.2. The number of H-pyrrole nitrogens is 2. The van der Waals surface area contributed by atoms with Gasteiger partial charge in [0, 0.05) is 88.0 Å². The maximum atomic E-state index is 15.4. The predicted molar refractivity (Wildman–Crippen MR) is 445 cm³/mol. The van der Waals surface area contributed by atoms with Gasteiger partial charge in [-0.2, -0.15) is 0 Å². The van der Waals surface area contributed by atoms with Gasteiger partial charge in [0.15, 0.2) is 5.96 Å². The van der Waals surface area contributed by atoms with E-state index in [1.165, 1.54) is 12.5 Å². The van der Waals surface area contributed by atoms with Crippen molar-refractivity contribution in [1.29, 1.82) is 5.41 Å². The molecule has 3 aliphatic heterocycles. The molecule has 3 aliphatic rings. The van der Waals surface area contributed by atoms with Crippen molar-refractivity contribution in [3.8, 4) is 0 Å². The molecular weight excluding hydrogens is 1640 g/mol. The number of carbonyl (C=O) groups is 16. The number of ether oxygens (including phenoxy) is 3. The van der Waals surface area contributed by atoms with Crippen molar-refractivity contribution in [2.75, 3.05) is 72.3 Å². The molecule has 46 heteroatoms. The number of primary amides is 2. The number of unbranched alkanes of at least 4 members (excludes halogenated alkanes) is 1. The molecule has 46 nitrogen and oxygen atoms in total. The van der Waals surface area contributed by atoms with Crippen LogP contribution in [0.15, 0.2) is 73.3 Å². The molecule has 0 bridgehead atoms. The molecular formula is C79H118N24O22.